The first-order valence-corrected chi connectivity index (χ1v) is 9.15. The van der Waals surface area contributed by atoms with Gasteiger partial charge in [-0.25, -0.2) is 14.5 Å². The first-order chi connectivity index (χ1) is 14.3. The molecule has 1 aliphatic rings. The van der Waals surface area contributed by atoms with Crippen LogP contribution in [-0.4, -0.2) is 37.5 Å². The lowest BCUT2D eigenvalue weighted by Crippen LogP contribution is -2.54. The molecule has 9 heteroatoms. The summed E-state index contributed by atoms with van der Waals surface area (Å²) in [6, 6.07) is 10.2. The Balaban J connectivity index is 1.85. The first-order valence-electron chi connectivity index (χ1n) is 8.77. The SMILES string of the molecule is COC(=O)COc1ccc(/C=C2/C(=O)NC(=O)N(c3ccc(C)c(Cl)c3)C2=O)cc1. The van der Waals surface area contributed by atoms with Gasteiger partial charge in [-0.15, -0.1) is 0 Å². The van der Waals surface area contributed by atoms with E-state index in [2.05, 4.69) is 10.1 Å². The Morgan fingerprint density at radius 3 is 2.47 bits per heavy atom. The topological polar surface area (TPSA) is 102 Å². The number of barbiturate groups is 1. The number of urea groups is 1. The number of hydrogen-bond donors (Lipinski definition) is 1. The summed E-state index contributed by atoms with van der Waals surface area (Å²) in [6.07, 6.45) is 1.36. The molecule has 30 heavy (non-hydrogen) atoms. The Labute approximate surface area is 177 Å². The third-order valence-electron chi connectivity index (χ3n) is 4.29. The molecule has 1 N–H and O–H groups in total. The number of aryl methyl sites for hydroxylation is 1. The maximum Gasteiger partial charge on any atom is 0.343 e. The predicted molar refractivity (Wildman–Crippen MR) is 109 cm³/mol. The van der Waals surface area contributed by atoms with Crippen LogP contribution in [0.25, 0.3) is 6.08 Å². The van der Waals surface area contributed by atoms with Gasteiger partial charge in [0.15, 0.2) is 6.61 Å². The fourth-order valence-corrected chi connectivity index (χ4v) is 2.82. The Hall–Kier alpha value is -3.65. The molecule has 2 aromatic carbocycles. The van der Waals surface area contributed by atoms with Gasteiger partial charge in [0, 0.05) is 5.02 Å². The number of nitrogens with one attached hydrogen (secondary N) is 1. The molecular formula is C21H17ClN2O6. The van der Waals surface area contributed by atoms with Crippen molar-refractivity contribution >= 4 is 47.2 Å². The summed E-state index contributed by atoms with van der Waals surface area (Å²) in [6.45, 7) is 1.55. The minimum absolute atomic E-state index is 0.213. The van der Waals surface area contributed by atoms with Crippen molar-refractivity contribution in [1.29, 1.82) is 0 Å². The molecule has 0 aliphatic carbocycles. The van der Waals surface area contributed by atoms with Crippen LogP contribution in [0.4, 0.5) is 10.5 Å². The molecule has 3 rings (SSSR count). The minimum atomic E-state index is -0.853. The lowest BCUT2D eigenvalue weighted by atomic mass is 10.1. The van der Waals surface area contributed by atoms with Crippen LogP contribution in [0.2, 0.25) is 5.02 Å². The van der Waals surface area contributed by atoms with Gasteiger partial charge in [-0.2, -0.15) is 0 Å². The van der Waals surface area contributed by atoms with E-state index < -0.39 is 23.8 Å². The van der Waals surface area contributed by atoms with Crippen molar-refractivity contribution in [3.05, 3.63) is 64.2 Å². The molecule has 1 fully saturated rings. The van der Waals surface area contributed by atoms with Gasteiger partial charge in [0.2, 0.25) is 0 Å². The Bertz CT molecular complexity index is 1060. The van der Waals surface area contributed by atoms with Crippen LogP contribution < -0.4 is 15.0 Å². The van der Waals surface area contributed by atoms with Crippen LogP contribution in [0.3, 0.4) is 0 Å². The summed E-state index contributed by atoms with van der Waals surface area (Å²) >= 11 is 6.10. The maximum atomic E-state index is 12.9. The molecule has 0 saturated carbocycles. The van der Waals surface area contributed by atoms with E-state index in [1.54, 1.807) is 43.3 Å². The monoisotopic (exact) mass is 428 g/mol. The summed E-state index contributed by atoms with van der Waals surface area (Å²) in [7, 11) is 1.26. The van der Waals surface area contributed by atoms with E-state index in [0.717, 1.165) is 10.5 Å². The second kappa shape index (κ2) is 8.79. The predicted octanol–water partition coefficient (Wildman–Crippen LogP) is 2.87. The van der Waals surface area contributed by atoms with Gasteiger partial charge in [0.25, 0.3) is 11.8 Å². The number of rotatable bonds is 5. The number of amides is 4. The number of carbonyl (C=O) groups excluding carboxylic acids is 4. The van der Waals surface area contributed by atoms with Crippen LogP contribution >= 0.6 is 11.6 Å². The number of nitrogens with zero attached hydrogens (tertiary/aromatic N) is 1. The van der Waals surface area contributed by atoms with E-state index in [0.29, 0.717) is 16.3 Å². The summed E-state index contributed by atoms with van der Waals surface area (Å²) in [5.74, 6) is -1.68. The number of imide groups is 2. The van der Waals surface area contributed by atoms with Gasteiger partial charge in [0.1, 0.15) is 11.3 Å². The summed E-state index contributed by atoms with van der Waals surface area (Å²) in [5, 5.41) is 2.54. The second-order valence-corrected chi connectivity index (χ2v) is 6.73. The Morgan fingerprint density at radius 1 is 1.13 bits per heavy atom. The lowest BCUT2D eigenvalue weighted by molar-refractivity contribution is -0.143. The number of benzene rings is 2. The number of ether oxygens (including phenoxy) is 2. The quantitative estimate of drug-likeness (QED) is 0.446. The van der Waals surface area contributed by atoms with Gasteiger partial charge < -0.3 is 9.47 Å². The fourth-order valence-electron chi connectivity index (χ4n) is 2.64. The zero-order valence-corrected chi connectivity index (χ0v) is 16.9. The number of hydrogen-bond acceptors (Lipinski definition) is 6. The summed E-state index contributed by atoms with van der Waals surface area (Å²) in [5.41, 5.74) is 1.34. The molecule has 1 heterocycles. The molecule has 0 spiro atoms. The number of carbonyl (C=O) groups is 4. The van der Waals surface area contributed by atoms with Crippen LogP contribution in [-0.2, 0) is 19.1 Å². The zero-order chi connectivity index (χ0) is 21.8. The third kappa shape index (κ3) is 4.49. The van der Waals surface area contributed by atoms with Gasteiger partial charge in [0.05, 0.1) is 12.8 Å². The van der Waals surface area contributed by atoms with Gasteiger partial charge >= 0.3 is 12.0 Å². The van der Waals surface area contributed by atoms with E-state index in [4.69, 9.17) is 16.3 Å². The largest absolute Gasteiger partial charge is 0.482 e. The van der Waals surface area contributed by atoms with E-state index in [1.807, 2.05) is 0 Å². The molecule has 4 amide bonds. The zero-order valence-electron chi connectivity index (χ0n) is 16.1. The second-order valence-electron chi connectivity index (χ2n) is 6.33. The van der Waals surface area contributed by atoms with E-state index in [1.165, 1.54) is 19.3 Å². The highest BCUT2D eigenvalue weighted by Gasteiger charge is 2.36. The highest BCUT2D eigenvalue weighted by molar-refractivity contribution is 6.39. The molecule has 0 radical (unpaired) electrons. The standard InChI is InChI=1S/C21H17ClN2O6/c1-12-3-6-14(10-17(12)22)24-20(27)16(19(26)23-21(24)28)9-13-4-7-15(8-5-13)30-11-18(25)29-2/h3-10H,11H2,1-2H3,(H,23,26,28)/b16-9-. The maximum absolute atomic E-state index is 12.9. The van der Waals surface area contributed by atoms with Crippen molar-refractivity contribution in [2.45, 2.75) is 6.92 Å². The Morgan fingerprint density at radius 2 is 1.83 bits per heavy atom. The first kappa shape index (κ1) is 21.1. The third-order valence-corrected chi connectivity index (χ3v) is 4.70. The highest BCUT2D eigenvalue weighted by atomic mass is 35.5. The molecule has 8 nitrogen and oxygen atoms in total. The molecule has 0 atom stereocenters. The smallest absolute Gasteiger partial charge is 0.343 e. The normalized spacial score (nSPS) is 15.2. The van der Waals surface area contributed by atoms with Gasteiger partial charge in [-0.3, -0.25) is 14.9 Å². The summed E-state index contributed by atoms with van der Waals surface area (Å²) < 4.78 is 9.74. The summed E-state index contributed by atoms with van der Waals surface area (Å²) in [4.78, 5) is 49.4. The molecule has 0 bridgehead atoms. The minimum Gasteiger partial charge on any atom is -0.482 e. The van der Waals surface area contributed by atoms with Crippen molar-refractivity contribution in [3.8, 4) is 5.75 Å². The lowest BCUT2D eigenvalue weighted by Gasteiger charge is -2.26. The van der Waals surface area contributed by atoms with Gasteiger partial charge in [-0.1, -0.05) is 29.8 Å². The Kier molecular flexibility index (Phi) is 6.17. The average molecular weight is 429 g/mol. The van der Waals surface area contributed by atoms with Crippen molar-refractivity contribution in [2.24, 2.45) is 0 Å². The van der Waals surface area contributed by atoms with Gasteiger partial charge in [-0.05, 0) is 48.4 Å². The molecule has 154 valence electrons. The van der Waals surface area contributed by atoms with Crippen LogP contribution in [0.1, 0.15) is 11.1 Å². The van der Waals surface area contributed by atoms with Crippen molar-refractivity contribution in [2.75, 3.05) is 18.6 Å². The molecule has 1 saturated heterocycles. The molecule has 1 aliphatic heterocycles. The van der Waals surface area contributed by atoms with E-state index >= 15 is 0 Å². The molecule has 0 unspecified atom stereocenters. The number of halogens is 1. The van der Waals surface area contributed by atoms with Crippen LogP contribution in [0, 0.1) is 6.92 Å². The molecule has 0 aromatic heterocycles. The fraction of sp³-hybridized carbons (Fsp3) is 0.143. The number of anilines is 1. The average Bonchev–Trinajstić information content (AvgIpc) is 2.72. The van der Waals surface area contributed by atoms with Crippen LogP contribution in [0.15, 0.2) is 48.0 Å². The van der Waals surface area contributed by atoms with Crippen molar-refractivity contribution in [1.82, 2.24) is 5.32 Å². The van der Waals surface area contributed by atoms with Crippen molar-refractivity contribution in [3.63, 3.8) is 0 Å². The van der Waals surface area contributed by atoms with Crippen LogP contribution in [0.5, 0.6) is 5.75 Å². The van der Waals surface area contributed by atoms with Crippen molar-refractivity contribution < 1.29 is 28.7 Å². The number of methoxy groups -OCH3 is 1. The van der Waals surface area contributed by atoms with E-state index in [9.17, 15) is 19.2 Å². The highest BCUT2D eigenvalue weighted by Crippen LogP contribution is 2.27. The van der Waals surface area contributed by atoms with E-state index in [-0.39, 0.29) is 17.9 Å². The molecular weight excluding hydrogens is 412 g/mol. The number of esters is 1. The molecule has 2 aromatic rings.